The Hall–Kier alpha value is -2.79. The fourth-order valence-electron chi connectivity index (χ4n) is 2.67. The summed E-state index contributed by atoms with van der Waals surface area (Å²) in [6, 6.07) is 4.93. The van der Waals surface area contributed by atoms with Crippen molar-refractivity contribution < 1.29 is 31.9 Å². The first-order valence-electron chi connectivity index (χ1n) is 7.95. The molecule has 0 aliphatic rings. The van der Waals surface area contributed by atoms with Crippen LogP contribution in [0.15, 0.2) is 35.3 Å². The van der Waals surface area contributed by atoms with Gasteiger partial charge < -0.3 is 9.30 Å². The number of hydroxylamine groups is 1. The maximum atomic E-state index is 14.5. The van der Waals surface area contributed by atoms with Crippen LogP contribution in [-0.2, 0) is 21.2 Å². The number of hydrogen-bond acceptors (Lipinski definition) is 6. The zero-order valence-electron chi connectivity index (χ0n) is 15.0. The molecule has 1 atom stereocenters. The second-order valence-corrected chi connectivity index (χ2v) is 8.20. The molecular weight excluding hydrogens is 398 g/mol. The van der Waals surface area contributed by atoms with Crippen molar-refractivity contribution in [2.24, 2.45) is 0 Å². The minimum absolute atomic E-state index is 0.118. The van der Waals surface area contributed by atoms with Gasteiger partial charge in [0.05, 0.1) is 7.11 Å². The summed E-state index contributed by atoms with van der Waals surface area (Å²) in [7, 11) is -2.63. The normalized spacial score (nSPS) is 12.5. The molecule has 2 rings (SSSR count). The van der Waals surface area contributed by atoms with Crippen molar-refractivity contribution in [2.45, 2.75) is 18.2 Å². The molecular formula is C17H18F2N2O6S. The molecule has 1 amide bonds. The summed E-state index contributed by atoms with van der Waals surface area (Å²) < 4.78 is 57.9. The van der Waals surface area contributed by atoms with Gasteiger partial charge in [0.25, 0.3) is 11.5 Å². The molecule has 0 spiro atoms. The second kappa shape index (κ2) is 8.48. The molecule has 0 saturated heterocycles. The van der Waals surface area contributed by atoms with Crippen molar-refractivity contribution in [2.75, 3.05) is 13.4 Å². The second-order valence-electron chi connectivity index (χ2n) is 5.97. The largest absolute Gasteiger partial charge is 0.494 e. The molecule has 1 unspecified atom stereocenters. The third-order valence-electron chi connectivity index (χ3n) is 4.10. The van der Waals surface area contributed by atoms with Crippen LogP contribution in [-0.4, -0.2) is 42.7 Å². The molecule has 28 heavy (non-hydrogen) atoms. The van der Waals surface area contributed by atoms with Crippen molar-refractivity contribution in [3.63, 3.8) is 0 Å². The zero-order chi connectivity index (χ0) is 21.1. The number of nitrogens with one attached hydrogen (secondary N) is 1. The first kappa shape index (κ1) is 21.5. The first-order valence-corrected chi connectivity index (χ1v) is 9.91. The minimum atomic E-state index is -3.88. The van der Waals surface area contributed by atoms with E-state index in [2.05, 4.69) is 0 Å². The number of carbonyl (C=O) groups excluding carboxylic acids is 1. The van der Waals surface area contributed by atoms with Crippen LogP contribution in [0.5, 0.6) is 5.75 Å². The number of benzene rings is 1. The van der Waals surface area contributed by atoms with Crippen LogP contribution in [0.2, 0.25) is 0 Å². The molecule has 8 nitrogen and oxygen atoms in total. The summed E-state index contributed by atoms with van der Waals surface area (Å²) >= 11 is 0. The fraction of sp³-hybridized carbons (Fsp3) is 0.294. The number of ether oxygens (including phenoxy) is 1. The van der Waals surface area contributed by atoms with Crippen LogP contribution in [0.25, 0.3) is 11.1 Å². The molecule has 0 bridgehead atoms. The van der Waals surface area contributed by atoms with Gasteiger partial charge in [0.15, 0.2) is 21.4 Å². The van der Waals surface area contributed by atoms with Crippen LogP contribution in [0.4, 0.5) is 8.78 Å². The van der Waals surface area contributed by atoms with E-state index in [1.165, 1.54) is 30.8 Å². The van der Waals surface area contributed by atoms with Crippen molar-refractivity contribution in [1.29, 1.82) is 0 Å². The Morgan fingerprint density at radius 2 is 2.00 bits per heavy atom. The van der Waals surface area contributed by atoms with E-state index in [0.717, 1.165) is 23.1 Å². The van der Waals surface area contributed by atoms with E-state index in [4.69, 9.17) is 9.94 Å². The first-order chi connectivity index (χ1) is 13.1. The number of nitrogens with zero attached hydrogens (tertiary/aromatic N) is 1. The van der Waals surface area contributed by atoms with Gasteiger partial charge in [-0.15, -0.1) is 0 Å². The van der Waals surface area contributed by atoms with E-state index in [-0.39, 0.29) is 29.8 Å². The predicted octanol–water partition coefficient (Wildman–Crippen LogP) is 1.11. The van der Waals surface area contributed by atoms with E-state index in [1.54, 1.807) is 0 Å². The van der Waals surface area contributed by atoms with E-state index in [9.17, 15) is 26.8 Å². The number of sulfone groups is 1. The number of methoxy groups -OCH3 is 1. The number of amides is 1. The summed E-state index contributed by atoms with van der Waals surface area (Å²) in [5.41, 5.74) is 0.0637. The van der Waals surface area contributed by atoms with Crippen molar-refractivity contribution in [3.05, 3.63) is 52.5 Å². The van der Waals surface area contributed by atoms with Crippen molar-refractivity contribution in [1.82, 2.24) is 10.0 Å². The minimum Gasteiger partial charge on any atom is -0.494 e. The average molecular weight is 416 g/mol. The van der Waals surface area contributed by atoms with Crippen molar-refractivity contribution >= 4 is 15.7 Å². The molecule has 11 heteroatoms. The van der Waals surface area contributed by atoms with Crippen LogP contribution >= 0.6 is 0 Å². The van der Waals surface area contributed by atoms with E-state index < -0.39 is 38.2 Å². The third-order valence-corrected chi connectivity index (χ3v) is 5.59. The molecule has 1 heterocycles. The topological polar surface area (TPSA) is 115 Å². The summed E-state index contributed by atoms with van der Waals surface area (Å²) in [5.74, 6) is -3.04. The molecule has 0 radical (unpaired) electrons. The standard InChI is InChI=1S/C17H18F2N2O6S/c1-27-13-5-3-4-10(16(13)19)11-8-15(22)21(9-12(11)18)7-6-14(17(23)20-24)28(2,25)26/h3-5,8-9,14,24H,6-7H2,1-2H3,(H,20,23). The Morgan fingerprint density at radius 3 is 2.57 bits per heavy atom. The van der Waals surface area contributed by atoms with Crippen molar-refractivity contribution in [3.8, 4) is 16.9 Å². The SMILES string of the molecule is COc1cccc(-c2cc(=O)n(CCC(C(=O)NO)S(C)(=O)=O)cc2F)c1F. The van der Waals surface area contributed by atoms with E-state index >= 15 is 0 Å². The summed E-state index contributed by atoms with van der Waals surface area (Å²) in [5, 5.41) is 7.04. The highest BCUT2D eigenvalue weighted by Crippen LogP contribution is 2.29. The number of halogens is 2. The maximum Gasteiger partial charge on any atom is 0.261 e. The number of rotatable bonds is 7. The van der Waals surface area contributed by atoms with Crippen LogP contribution < -0.4 is 15.8 Å². The molecule has 0 fully saturated rings. The quantitative estimate of drug-likeness (QED) is 0.516. The van der Waals surface area contributed by atoms with Gasteiger partial charge in [0.2, 0.25) is 0 Å². The highest BCUT2D eigenvalue weighted by atomic mass is 32.2. The molecule has 1 aromatic heterocycles. The highest BCUT2D eigenvalue weighted by Gasteiger charge is 2.28. The molecule has 1 aromatic carbocycles. The van der Waals surface area contributed by atoms with Gasteiger partial charge in [-0.25, -0.2) is 22.7 Å². The van der Waals surface area contributed by atoms with Gasteiger partial charge in [-0.1, -0.05) is 12.1 Å². The molecule has 0 aliphatic carbocycles. The Morgan fingerprint density at radius 1 is 1.32 bits per heavy atom. The number of aryl methyl sites for hydroxylation is 1. The van der Waals surface area contributed by atoms with Gasteiger partial charge in [-0.05, 0) is 12.5 Å². The summed E-state index contributed by atoms with van der Waals surface area (Å²) in [4.78, 5) is 23.8. The zero-order valence-corrected chi connectivity index (χ0v) is 15.8. The molecule has 152 valence electrons. The van der Waals surface area contributed by atoms with Crippen LogP contribution in [0.1, 0.15) is 6.42 Å². The van der Waals surface area contributed by atoms with Crippen LogP contribution in [0.3, 0.4) is 0 Å². The van der Waals surface area contributed by atoms with Gasteiger partial charge in [-0.3, -0.25) is 14.8 Å². The lowest BCUT2D eigenvalue weighted by molar-refractivity contribution is -0.128. The monoisotopic (exact) mass is 416 g/mol. The van der Waals surface area contributed by atoms with Gasteiger partial charge in [0, 0.05) is 36.2 Å². The lowest BCUT2D eigenvalue weighted by Gasteiger charge is -2.15. The van der Waals surface area contributed by atoms with Gasteiger partial charge in [0.1, 0.15) is 11.1 Å². The van der Waals surface area contributed by atoms with Gasteiger partial charge in [-0.2, -0.15) is 0 Å². The lowest BCUT2D eigenvalue weighted by atomic mass is 10.1. The number of hydrogen-bond donors (Lipinski definition) is 2. The third kappa shape index (κ3) is 4.54. The Kier molecular flexibility index (Phi) is 6.52. The lowest BCUT2D eigenvalue weighted by Crippen LogP contribution is -2.39. The summed E-state index contributed by atoms with van der Waals surface area (Å²) in [6.07, 6.45) is 1.22. The van der Waals surface area contributed by atoms with Gasteiger partial charge >= 0.3 is 0 Å². The highest BCUT2D eigenvalue weighted by molar-refractivity contribution is 7.92. The van der Waals surface area contributed by atoms with E-state index in [0.29, 0.717) is 0 Å². The number of pyridine rings is 1. The van der Waals surface area contributed by atoms with Crippen LogP contribution in [0, 0.1) is 11.6 Å². The fourth-order valence-corrected chi connectivity index (χ4v) is 3.65. The summed E-state index contributed by atoms with van der Waals surface area (Å²) in [6.45, 7) is -0.318. The average Bonchev–Trinajstić information content (AvgIpc) is 2.63. The molecule has 0 saturated carbocycles. The smallest absolute Gasteiger partial charge is 0.261 e. The maximum absolute atomic E-state index is 14.5. The van der Waals surface area contributed by atoms with E-state index in [1.807, 2.05) is 0 Å². The predicted molar refractivity (Wildman–Crippen MR) is 95.8 cm³/mol. The Balaban J connectivity index is 2.37. The molecule has 2 N–H and O–H groups in total. The Bertz CT molecular complexity index is 1050. The number of carbonyl (C=O) groups is 1. The number of aromatic nitrogens is 1. The molecule has 2 aromatic rings. The Labute approximate surface area is 159 Å². The molecule has 0 aliphatic heterocycles.